The number of benzene rings is 4. The van der Waals surface area contributed by atoms with Crippen LogP contribution in [0.25, 0.3) is 22.0 Å². The number of rotatable bonds is 7. The molecule has 6 rings (SSSR count). The predicted octanol–water partition coefficient (Wildman–Crippen LogP) is 6.91. The Hall–Kier alpha value is -5.21. The third kappa shape index (κ3) is 5.08. The van der Waals surface area contributed by atoms with E-state index in [9.17, 15) is 13.5 Å². The van der Waals surface area contributed by atoms with Gasteiger partial charge in [0.1, 0.15) is 0 Å². The second kappa shape index (κ2) is 10.5. The molecule has 0 radical (unpaired) electrons. The van der Waals surface area contributed by atoms with Crippen LogP contribution in [-0.2, 0) is 10.0 Å². The number of H-pyrrole nitrogens is 1. The van der Waals surface area contributed by atoms with Gasteiger partial charge in [-0.05, 0) is 65.7 Å². The predicted molar refractivity (Wildman–Crippen MR) is 159 cm³/mol. The molecule has 2 aromatic heterocycles. The summed E-state index contributed by atoms with van der Waals surface area (Å²) in [5.41, 5.74) is 5.49. The van der Waals surface area contributed by atoms with Crippen LogP contribution in [0.1, 0.15) is 11.1 Å². The molecule has 0 aliphatic heterocycles. The van der Waals surface area contributed by atoms with E-state index in [2.05, 4.69) is 14.7 Å². The zero-order valence-electron chi connectivity index (χ0n) is 21.2. The van der Waals surface area contributed by atoms with Gasteiger partial charge in [-0.3, -0.25) is 9.71 Å². The monoisotopic (exact) mass is 544 g/mol. The van der Waals surface area contributed by atoms with Gasteiger partial charge in [-0.1, -0.05) is 60.7 Å². The standard InChI is InChI=1S/C32H24N4O3S/c37-32-30(28-21-27(15-16-29(28)35-32)40(38,39)36-26-9-5-2-6-10-26)31(24-7-3-1-4-8-24)34-25-13-11-22(12-14-25)23-17-19-33-20-18-23/h1-21,35-37H. The number of para-hydroxylation sites is 1. The summed E-state index contributed by atoms with van der Waals surface area (Å²) in [6, 6.07) is 34.5. The van der Waals surface area contributed by atoms with Gasteiger partial charge in [-0.2, -0.15) is 0 Å². The van der Waals surface area contributed by atoms with E-state index < -0.39 is 10.0 Å². The maximum atomic E-state index is 13.2. The van der Waals surface area contributed by atoms with E-state index in [0.29, 0.717) is 33.6 Å². The van der Waals surface area contributed by atoms with E-state index in [1.165, 1.54) is 6.07 Å². The summed E-state index contributed by atoms with van der Waals surface area (Å²) in [6.07, 6.45) is 3.50. The fraction of sp³-hybridized carbons (Fsp3) is 0. The van der Waals surface area contributed by atoms with Gasteiger partial charge in [0.25, 0.3) is 10.0 Å². The lowest BCUT2D eigenvalue weighted by Crippen LogP contribution is -2.12. The second-order valence-corrected chi connectivity index (χ2v) is 10.8. The molecule has 0 spiro atoms. The lowest BCUT2D eigenvalue weighted by atomic mass is 10.0. The molecule has 0 saturated heterocycles. The molecule has 196 valence electrons. The Morgan fingerprint density at radius 1 is 0.775 bits per heavy atom. The molecule has 0 saturated carbocycles. The summed E-state index contributed by atoms with van der Waals surface area (Å²) >= 11 is 0. The average molecular weight is 545 g/mol. The average Bonchev–Trinajstić information content (AvgIpc) is 3.32. The van der Waals surface area contributed by atoms with Crippen LogP contribution >= 0.6 is 0 Å². The molecule has 2 heterocycles. The second-order valence-electron chi connectivity index (χ2n) is 9.14. The number of aromatic hydroxyl groups is 1. The Bertz CT molecular complexity index is 1920. The fourth-order valence-electron chi connectivity index (χ4n) is 4.55. The minimum absolute atomic E-state index is 0.0678. The lowest BCUT2D eigenvalue weighted by Gasteiger charge is -2.10. The molecule has 0 bridgehead atoms. The van der Waals surface area contributed by atoms with Crippen molar-refractivity contribution >= 4 is 38.0 Å². The maximum Gasteiger partial charge on any atom is 0.261 e. The summed E-state index contributed by atoms with van der Waals surface area (Å²) in [6.45, 7) is 0. The first kappa shape index (κ1) is 25.1. The summed E-state index contributed by atoms with van der Waals surface area (Å²) in [7, 11) is -3.88. The summed E-state index contributed by atoms with van der Waals surface area (Å²) in [4.78, 5) is 12.1. The molecule has 0 atom stereocenters. The van der Waals surface area contributed by atoms with Gasteiger partial charge in [-0.15, -0.1) is 0 Å². The Morgan fingerprint density at radius 3 is 2.12 bits per heavy atom. The molecule has 8 heteroatoms. The topological polar surface area (TPSA) is 107 Å². The number of aliphatic imine (C=N–C) groups is 1. The number of anilines is 1. The van der Waals surface area contributed by atoms with Crippen molar-refractivity contribution in [3.63, 3.8) is 0 Å². The molecule has 0 amide bonds. The number of pyridine rings is 1. The number of fused-ring (bicyclic) bond motifs is 1. The highest BCUT2D eigenvalue weighted by atomic mass is 32.2. The molecule has 0 aliphatic carbocycles. The number of aromatic nitrogens is 2. The van der Waals surface area contributed by atoms with E-state index in [1.807, 2.05) is 72.8 Å². The van der Waals surface area contributed by atoms with Crippen molar-refractivity contribution in [1.82, 2.24) is 9.97 Å². The van der Waals surface area contributed by atoms with Gasteiger partial charge in [0, 0.05) is 34.5 Å². The van der Waals surface area contributed by atoms with E-state index >= 15 is 0 Å². The quantitative estimate of drug-likeness (QED) is 0.190. The third-order valence-electron chi connectivity index (χ3n) is 6.49. The highest BCUT2D eigenvalue weighted by Gasteiger charge is 2.22. The van der Waals surface area contributed by atoms with E-state index in [0.717, 1.165) is 16.7 Å². The molecule has 0 unspecified atom stereocenters. The first-order chi connectivity index (χ1) is 19.5. The van der Waals surface area contributed by atoms with Crippen LogP contribution in [0.3, 0.4) is 0 Å². The van der Waals surface area contributed by atoms with Gasteiger partial charge in [0.05, 0.1) is 21.9 Å². The van der Waals surface area contributed by atoms with Crippen molar-refractivity contribution in [2.24, 2.45) is 4.99 Å². The molecule has 6 aromatic rings. The number of aromatic amines is 1. The van der Waals surface area contributed by atoms with E-state index in [4.69, 9.17) is 4.99 Å². The highest BCUT2D eigenvalue weighted by molar-refractivity contribution is 7.92. The largest absolute Gasteiger partial charge is 0.494 e. The van der Waals surface area contributed by atoms with Crippen LogP contribution in [0.2, 0.25) is 0 Å². The highest BCUT2D eigenvalue weighted by Crippen LogP contribution is 2.34. The Balaban J connectivity index is 1.46. The van der Waals surface area contributed by atoms with Crippen molar-refractivity contribution in [3.8, 4) is 17.0 Å². The van der Waals surface area contributed by atoms with Gasteiger partial charge in [0.2, 0.25) is 0 Å². The van der Waals surface area contributed by atoms with Crippen LogP contribution in [0.4, 0.5) is 11.4 Å². The summed E-state index contributed by atoms with van der Waals surface area (Å²) in [5.74, 6) is -0.100. The molecule has 3 N–H and O–H groups in total. The first-order valence-electron chi connectivity index (χ1n) is 12.6. The molecule has 4 aromatic carbocycles. The smallest absolute Gasteiger partial charge is 0.261 e. The molecular formula is C32H24N4O3S. The van der Waals surface area contributed by atoms with Crippen LogP contribution < -0.4 is 4.72 Å². The number of sulfonamides is 1. The molecular weight excluding hydrogens is 520 g/mol. The maximum absolute atomic E-state index is 13.2. The number of hydrogen-bond donors (Lipinski definition) is 3. The Morgan fingerprint density at radius 2 is 1.43 bits per heavy atom. The van der Waals surface area contributed by atoms with E-state index in [-0.39, 0.29) is 10.8 Å². The molecule has 7 nitrogen and oxygen atoms in total. The summed E-state index contributed by atoms with van der Waals surface area (Å²) < 4.78 is 29.1. The van der Waals surface area contributed by atoms with Gasteiger partial charge in [0.15, 0.2) is 5.88 Å². The Labute approximate surface area is 231 Å². The minimum Gasteiger partial charge on any atom is -0.494 e. The Kier molecular flexibility index (Phi) is 6.59. The molecule has 0 fully saturated rings. The van der Waals surface area contributed by atoms with Crippen molar-refractivity contribution in [1.29, 1.82) is 0 Å². The van der Waals surface area contributed by atoms with Gasteiger partial charge in [-0.25, -0.2) is 13.4 Å². The number of nitrogens with zero attached hydrogens (tertiary/aromatic N) is 2. The fourth-order valence-corrected chi connectivity index (χ4v) is 5.63. The third-order valence-corrected chi connectivity index (χ3v) is 7.87. The van der Waals surface area contributed by atoms with Crippen LogP contribution in [0.15, 0.2) is 138 Å². The van der Waals surface area contributed by atoms with Crippen LogP contribution in [0.5, 0.6) is 5.88 Å². The summed E-state index contributed by atoms with van der Waals surface area (Å²) in [5, 5.41) is 11.6. The van der Waals surface area contributed by atoms with Crippen LogP contribution in [-0.4, -0.2) is 29.2 Å². The molecule has 0 aliphatic rings. The minimum atomic E-state index is -3.88. The van der Waals surface area contributed by atoms with Crippen LogP contribution in [0, 0.1) is 0 Å². The first-order valence-corrected chi connectivity index (χ1v) is 14.0. The van der Waals surface area contributed by atoms with Gasteiger partial charge >= 0.3 is 0 Å². The number of nitrogens with one attached hydrogen (secondary N) is 2. The van der Waals surface area contributed by atoms with Crippen molar-refractivity contribution in [3.05, 3.63) is 139 Å². The van der Waals surface area contributed by atoms with Crippen molar-refractivity contribution in [2.75, 3.05) is 4.72 Å². The van der Waals surface area contributed by atoms with Crippen molar-refractivity contribution in [2.45, 2.75) is 4.90 Å². The zero-order valence-corrected chi connectivity index (χ0v) is 22.0. The number of hydrogen-bond acceptors (Lipinski definition) is 5. The lowest BCUT2D eigenvalue weighted by molar-refractivity contribution is 0.457. The normalized spacial score (nSPS) is 11.9. The zero-order chi connectivity index (χ0) is 27.5. The van der Waals surface area contributed by atoms with Crippen molar-refractivity contribution < 1.29 is 13.5 Å². The molecule has 40 heavy (non-hydrogen) atoms. The SMILES string of the molecule is O=S(=O)(Nc1ccccc1)c1ccc2[nH]c(O)c(C(=Nc3ccc(-c4ccncc4)cc3)c3ccccc3)c2c1. The van der Waals surface area contributed by atoms with E-state index in [1.54, 1.807) is 48.8 Å². The van der Waals surface area contributed by atoms with Gasteiger partial charge < -0.3 is 10.1 Å².